The molecule has 4 heteroatoms. The Hall–Kier alpha value is -1.05. The van der Waals surface area contributed by atoms with Gasteiger partial charge >= 0.3 is 0 Å². The quantitative estimate of drug-likeness (QED) is 0.923. The topological polar surface area (TPSA) is 45.0 Å². The lowest BCUT2D eigenvalue weighted by Gasteiger charge is -2.26. The fourth-order valence-corrected chi connectivity index (χ4v) is 1.94. The lowest BCUT2D eigenvalue weighted by atomic mass is 10.1. The monoisotopic (exact) mass is 282 g/mol. The van der Waals surface area contributed by atoms with Gasteiger partial charge in [0.25, 0.3) is 0 Å². The van der Waals surface area contributed by atoms with Crippen LogP contribution in [0.25, 0.3) is 0 Å². The van der Waals surface area contributed by atoms with E-state index in [1.165, 1.54) is 0 Å². The Balaban J connectivity index is 2.84. The molecule has 0 aliphatic rings. The van der Waals surface area contributed by atoms with Gasteiger partial charge in [-0.05, 0) is 48.0 Å². The number of methoxy groups -OCH3 is 1. The molecule has 0 aliphatic heterocycles. The van der Waals surface area contributed by atoms with Gasteiger partial charge in [0.1, 0.15) is 6.07 Å². The van der Waals surface area contributed by atoms with Crippen molar-refractivity contribution in [3.05, 3.63) is 28.2 Å². The van der Waals surface area contributed by atoms with Crippen LogP contribution in [0, 0.1) is 11.3 Å². The molecule has 1 aromatic carbocycles. The molecule has 3 nitrogen and oxygen atoms in total. The van der Waals surface area contributed by atoms with E-state index in [2.05, 4.69) is 41.2 Å². The summed E-state index contributed by atoms with van der Waals surface area (Å²) in [5.74, 6) is 0. The molecular formula is C12H15BrN2O. The van der Waals surface area contributed by atoms with Gasteiger partial charge in [0.15, 0.2) is 0 Å². The number of benzene rings is 1. The van der Waals surface area contributed by atoms with Crippen LogP contribution in [-0.4, -0.2) is 19.3 Å². The van der Waals surface area contributed by atoms with Crippen molar-refractivity contribution < 1.29 is 4.74 Å². The van der Waals surface area contributed by atoms with Crippen molar-refractivity contribution in [3.8, 4) is 6.07 Å². The normalized spacial score (nSPS) is 10.9. The number of nitriles is 1. The molecule has 1 rings (SSSR count). The first-order chi connectivity index (χ1) is 7.48. The van der Waals surface area contributed by atoms with Crippen LogP contribution in [0.15, 0.2) is 22.7 Å². The Kier molecular flexibility index (Phi) is 4.34. The number of halogens is 1. The van der Waals surface area contributed by atoms with Gasteiger partial charge in [0.05, 0.1) is 17.7 Å². The van der Waals surface area contributed by atoms with Crippen LogP contribution < -0.4 is 5.32 Å². The smallest absolute Gasteiger partial charge is 0.100 e. The Bertz CT molecular complexity index is 410. The molecule has 0 spiro atoms. The third-order valence-electron chi connectivity index (χ3n) is 2.08. The van der Waals surface area contributed by atoms with Crippen molar-refractivity contribution in [3.63, 3.8) is 0 Å². The van der Waals surface area contributed by atoms with E-state index in [4.69, 9.17) is 10.00 Å². The summed E-state index contributed by atoms with van der Waals surface area (Å²) in [4.78, 5) is 0. The molecular weight excluding hydrogens is 268 g/mol. The van der Waals surface area contributed by atoms with E-state index < -0.39 is 0 Å². The molecule has 0 saturated carbocycles. The van der Waals surface area contributed by atoms with Crippen molar-refractivity contribution in [2.45, 2.75) is 19.4 Å². The van der Waals surface area contributed by atoms with Crippen molar-refractivity contribution in [1.29, 1.82) is 5.26 Å². The van der Waals surface area contributed by atoms with E-state index in [9.17, 15) is 0 Å². The fourth-order valence-electron chi connectivity index (χ4n) is 1.47. The lowest BCUT2D eigenvalue weighted by Crippen LogP contribution is -2.35. The highest BCUT2D eigenvalue weighted by atomic mass is 79.9. The number of hydrogen-bond acceptors (Lipinski definition) is 3. The minimum atomic E-state index is -0.137. The third kappa shape index (κ3) is 3.51. The molecule has 0 aromatic heterocycles. The SMILES string of the molecule is COCC(C)(C)Nc1ccc(C#N)c(Br)c1. The largest absolute Gasteiger partial charge is 0.382 e. The third-order valence-corrected chi connectivity index (χ3v) is 2.73. The molecule has 86 valence electrons. The van der Waals surface area contributed by atoms with Crippen LogP contribution in [0.3, 0.4) is 0 Å². The summed E-state index contributed by atoms with van der Waals surface area (Å²) in [6, 6.07) is 7.69. The number of ether oxygens (including phenoxy) is 1. The molecule has 0 saturated heterocycles. The van der Waals surface area contributed by atoms with Crippen LogP contribution >= 0.6 is 15.9 Å². The second-order valence-electron chi connectivity index (χ2n) is 4.25. The van der Waals surface area contributed by atoms with Crippen molar-refractivity contribution in [2.75, 3.05) is 19.0 Å². The summed E-state index contributed by atoms with van der Waals surface area (Å²) in [6.45, 7) is 4.73. The highest BCUT2D eigenvalue weighted by molar-refractivity contribution is 9.10. The van der Waals surface area contributed by atoms with Gasteiger partial charge in [-0.25, -0.2) is 0 Å². The zero-order valence-corrected chi connectivity index (χ0v) is 11.3. The first-order valence-corrected chi connectivity index (χ1v) is 5.74. The average molecular weight is 283 g/mol. The molecule has 0 heterocycles. The van der Waals surface area contributed by atoms with E-state index in [-0.39, 0.29) is 5.54 Å². The molecule has 0 unspecified atom stereocenters. The maximum atomic E-state index is 8.81. The van der Waals surface area contributed by atoms with Gasteiger partial charge in [-0.2, -0.15) is 5.26 Å². The number of anilines is 1. The summed E-state index contributed by atoms with van der Waals surface area (Å²) in [7, 11) is 1.68. The lowest BCUT2D eigenvalue weighted by molar-refractivity contribution is 0.158. The number of nitrogens with one attached hydrogen (secondary N) is 1. The van der Waals surface area contributed by atoms with Crippen LogP contribution in [0.4, 0.5) is 5.69 Å². The number of hydrogen-bond donors (Lipinski definition) is 1. The van der Waals surface area contributed by atoms with E-state index in [0.29, 0.717) is 12.2 Å². The molecule has 1 aromatic rings. The van der Waals surface area contributed by atoms with Crippen LogP contribution in [-0.2, 0) is 4.74 Å². The Morgan fingerprint density at radius 2 is 2.19 bits per heavy atom. The van der Waals surface area contributed by atoms with Gasteiger partial charge in [-0.15, -0.1) is 0 Å². The Labute approximate surface area is 105 Å². The van der Waals surface area contributed by atoms with Crippen molar-refractivity contribution >= 4 is 21.6 Å². The fraction of sp³-hybridized carbons (Fsp3) is 0.417. The molecule has 0 amide bonds. The van der Waals surface area contributed by atoms with E-state index >= 15 is 0 Å². The molecule has 0 fully saturated rings. The minimum Gasteiger partial charge on any atom is -0.382 e. The highest BCUT2D eigenvalue weighted by Crippen LogP contribution is 2.23. The second-order valence-corrected chi connectivity index (χ2v) is 5.10. The first kappa shape index (κ1) is 13.0. The standard InChI is InChI=1S/C12H15BrN2O/c1-12(2,8-16-3)15-10-5-4-9(7-14)11(13)6-10/h4-6,15H,8H2,1-3H3. The van der Waals surface area contributed by atoms with E-state index in [0.717, 1.165) is 10.2 Å². The van der Waals surface area contributed by atoms with Gasteiger partial charge in [-0.3, -0.25) is 0 Å². The summed E-state index contributed by atoms with van der Waals surface area (Å²) >= 11 is 3.36. The number of nitrogens with zero attached hydrogens (tertiary/aromatic N) is 1. The Morgan fingerprint density at radius 1 is 1.50 bits per heavy atom. The highest BCUT2D eigenvalue weighted by Gasteiger charge is 2.17. The van der Waals surface area contributed by atoms with Gasteiger partial charge in [0, 0.05) is 17.3 Å². The second kappa shape index (κ2) is 5.33. The van der Waals surface area contributed by atoms with Crippen molar-refractivity contribution in [1.82, 2.24) is 0 Å². The Morgan fingerprint density at radius 3 is 2.69 bits per heavy atom. The van der Waals surface area contributed by atoms with Crippen LogP contribution in [0.1, 0.15) is 19.4 Å². The van der Waals surface area contributed by atoms with Crippen LogP contribution in [0.2, 0.25) is 0 Å². The summed E-state index contributed by atoms with van der Waals surface area (Å²) in [5, 5.41) is 12.2. The van der Waals surface area contributed by atoms with Crippen molar-refractivity contribution in [2.24, 2.45) is 0 Å². The zero-order chi connectivity index (χ0) is 12.2. The molecule has 0 radical (unpaired) electrons. The maximum absolute atomic E-state index is 8.81. The summed E-state index contributed by atoms with van der Waals surface area (Å²) < 4.78 is 5.93. The minimum absolute atomic E-state index is 0.137. The molecule has 0 aliphatic carbocycles. The summed E-state index contributed by atoms with van der Waals surface area (Å²) in [6.07, 6.45) is 0. The predicted molar refractivity (Wildman–Crippen MR) is 68.4 cm³/mol. The summed E-state index contributed by atoms with van der Waals surface area (Å²) in [5.41, 5.74) is 1.46. The predicted octanol–water partition coefficient (Wildman–Crippen LogP) is 3.16. The van der Waals surface area contributed by atoms with Gasteiger partial charge in [0.2, 0.25) is 0 Å². The number of rotatable bonds is 4. The molecule has 0 atom stereocenters. The molecule has 1 N–H and O–H groups in total. The average Bonchev–Trinajstić information content (AvgIpc) is 2.17. The molecule has 0 bridgehead atoms. The van der Waals surface area contributed by atoms with E-state index in [1.54, 1.807) is 13.2 Å². The van der Waals surface area contributed by atoms with Gasteiger partial charge in [-0.1, -0.05) is 0 Å². The zero-order valence-electron chi connectivity index (χ0n) is 9.67. The van der Waals surface area contributed by atoms with Gasteiger partial charge < -0.3 is 10.1 Å². The van der Waals surface area contributed by atoms with E-state index in [1.807, 2.05) is 12.1 Å². The first-order valence-electron chi connectivity index (χ1n) is 4.95. The van der Waals surface area contributed by atoms with Crippen LogP contribution in [0.5, 0.6) is 0 Å². The maximum Gasteiger partial charge on any atom is 0.100 e. The molecule has 16 heavy (non-hydrogen) atoms.